The van der Waals surface area contributed by atoms with Gasteiger partial charge in [0.2, 0.25) is 13.3 Å². The van der Waals surface area contributed by atoms with Gasteiger partial charge >= 0.3 is 5.97 Å². The highest BCUT2D eigenvalue weighted by atomic mass is 31.2. The molecule has 0 aliphatic carbocycles. The van der Waals surface area contributed by atoms with E-state index in [9.17, 15) is 28.9 Å². The molecular formula is C13H27N4O6P. The lowest BCUT2D eigenvalue weighted by molar-refractivity contribution is -0.146. The number of amides is 1. The molecule has 0 fully saturated rings. The van der Waals surface area contributed by atoms with Gasteiger partial charge in [0.1, 0.15) is 11.7 Å². The van der Waals surface area contributed by atoms with Gasteiger partial charge in [-0.1, -0.05) is 13.3 Å². The molecule has 10 nitrogen and oxygen atoms in total. The van der Waals surface area contributed by atoms with Gasteiger partial charge in [0, 0.05) is 0 Å². The van der Waals surface area contributed by atoms with Crippen molar-refractivity contribution < 1.29 is 28.9 Å². The number of nitrogens with one attached hydrogen (secondary N) is 2. The molecule has 0 aromatic heterocycles. The van der Waals surface area contributed by atoms with E-state index in [1.165, 1.54) is 14.0 Å². The van der Waals surface area contributed by atoms with Crippen molar-refractivity contribution >= 4 is 25.0 Å². The van der Waals surface area contributed by atoms with Crippen molar-refractivity contribution in [2.75, 3.05) is 13.6 Å². The number of ketones is 1. The maximum Gasteiger partial charge on any atom is 0.316 e. The summed E-state index contributed by atoms with van der Waals surface area (Å²) < 4.78 is 12.5. The summed E-state index contributed by atoms with van der Waals surface area (Å²) in [5.74, 6) is -8.40. The third kappa shape index (κ3) is 5.95. The summed E-state index contributed by atoms with van der Waals surface area (Å²) in [6.45, 7) is 2.65. The molecule has 0 saturated carbocycles. The second-order valence-corrected chi connectivity index (χ2v) is 8.29. The number of hydrogen-bond acceptors (Lipinski definition) is 7. The number of rotatable bonds is 11. The number of aliphatic carboxylic acids is 1. The molecule has 0 spiro atoms. The summed E-state index contributed by atoms with van der Waals surface area (Å²) in [5, 5.41) is 14.0. The number of nitrogens with two attached hydrogens (primary N) is 2. The van der Waals surface area contributed by atoms with Crippen LogP contribution in [0.2, 0.25) is 0 Å². The van der Waals surface area contributed by atoms with E-state index >= 15 is 0 Å². The minimum atomic E-state index is -4.41. The summed E-state index contributed by atoms with van der Waals surface area (Å²) in [6.07, 6.45) is 0.888. The average molecular weight is 366 g/mol. The van der Waals surface area contributed by atoms with Gasteiger partial charge in [0.25, 0.3) is 0 Å². The summed E-state index contributed by atoms with van der Waals surface area (Å²) in [5.41, 5.74) is 11.1. The first-order valence-electron chi connectivity index (χ1n) is 7.54. The van der Waals surface area contributed by atoms with Crippen molar-refractivity contribution in [3.05, 3.63) is 0 Å². The van der Waals surface area contributed by atoms with Crippen molar-refractivity contribution in [1.29, 1.82) is 0 Å². The van der Waals surface area contributed by atoms with E-state index in [4.69, 9.17) is 11.5 Å². The van der Waals surface area contributed by atoms with E-state index in [2.05, 4.69) is 10.6 Å². The molecule has 5 atom stereocenters. The minimum absolute atomic E-state index is 0.300. The lowest BCUT2D eigenvalue weighted by Gasteiger charge is -2.31. The normalized spacial score (nSPS) is 18.8. The largest absolute Gasteiger partial charge is 0.481 e. The average Bonchev–Trinajstić information content (AvgIpc) is 2.46. The number of Topliss-reactive ketones (excluding diaryl/α,β-unsaturated/α-hetero) is 1. The zero-order valence-electron chi connectivity index (χ0n) is 14.1. The summed E-state index contributed by atoms with van der Waals surface area (Å²) in [4.78, 5) is 45.9. The second-order valence-electron chi connectivity index (χ2n) is 5.57. The lowest BCUT2D eigenvalue weighted by atomic mass is 10.0. The molecule has 0 aromatic rings. The first-order chi connectivity index (χ1) is 11.0. The highest BCUT2D eigenvalue weighted by Gasteiger charge is 2.47. The summed E-state index contributed by atoms with van der Waals surface area (Å²) in [7, 11) is -2.99. The zero-order valence-corrected chi connectivity index (χ0v) is 15.0. The highest BCUT2D eigenvalue weighted by Crippen LogP contribution is 2.50. The van der Waals surface area contributed by atoms with E-state index < -0.39 is 48.6 Å². The Kier molecular flexibility index (Phi) is 9.31. The van der Waals surface area contributed by atoms with Crippen molar-refractivity contribution in [2.24, 2.45) is 17.4 Å². The Balaban J connectivity index is 5.77. The van der Waals surface area contributed by atoms with Gasteiger partial charge in [-0.15, -0.1) is 0 Å². The van der Waals surface area contributed by atoms with Crippen molar-refractivity contribution in [1.82, 2.24) is 10.6 Å². The maximum atomic E-state index is 12.5. The van der Waals surface area contributed by atoms with Crippen molar-refractivity contribution in [2.45, 2.75) is 44.3 Å². The van der Waals surface area contributed by atoms with Gasteiger partial charge in [-0.05, 0) is 20.4 Å². The molecule has 0 rings (SSSR count). The van der Waals surface area contributed by atoms with Crippen molar-refractivity contribution in [3.63, 3.8) is 0 Å². The van der Waals surface area contributed by atoms with Gasteiger partial charge < -0.3 is 32.1 Å². The molecule has 1 amide bonds. The fourth-order valence-electron chi connectivity index (χ4n) is 2.07. The van der Waals surface area contributed by atoms with Crippen LogP contribution in [0.5, 0.6) is 0 Å². The minimum Gasteiger partial charge on any atom is -0.481 e. The predicted octanol–water partition coefficient (Wildman–Crippen LogP) is -1.38. The molecule has 4 unspecified atom stereocenters. The van der Waals surface area contributed by atoms with E-state index in [0.717, 1.165) is 0 Å². The summed E-state index contributed by atoms with van der Waals surface area (Å²) in [6, 6.07) is -0.987. The smallest absolute Gasteiger partial charge is 0.316 e. The van der Waals surface area contributed by atoms with Gasteiger partial charge in [-0.25, -0.2) is 0 Å². The molecule has 11 heteroatoms. The van der Waals surface area contributed by atoms with Gasteiger partial charge in [0.15, 0.2) is 5.78 Å². The fourth-order valence-corrected chi connectivity index (χ4v) is 3.61. The lowest BCUT2D eigenvalue weighted by Crippen LogP contribution is -2.53. The number of carboxylic acid groups (broad SMARTS) is 1. The molecule has 8 N–H and O–H groups in total. The molecule has 140 valence electrons. The van der Waals surface area contributed by atoms with Gasteiger partial charge in [-0.3, -0.25) is 18.9 Å². The van der Waals surface area contributed by atoms with Crippen molar-refractivity contribution in [3.8, 4) is 0 Å². The molecule has 0 heterocycles. The molecule has 0 radical (unpaired) electrons. The maximum absolute atomic E-state index is 12.5. The Labute approximate surface area is 140 Å². The number of carbonyl (C=O) groups excluding carboxylic acids is 2. The topological polar surface area (TPSA) is 185 Å². The standard InChI is InChI=1S/C13H27N4O6P/c1-4-5-8(15)11(19)17-12(24(22,23)7(2)14)10(13(20)21)9(18)6-16-3/h7-8,10,12,16H,4-6,14-15H2,1-3H3,(H,17,19)(H,20,21)(H,22,23)/t7?,8-,10?,12?/m0/s1. The van der Waals surface area contributed by atoms with Crippen LogP contribution in [0.25, 0.3) is 0 Å². The quantitative estimate of drug-likeness (QED) is 0.189. The van der Waals surface area contributed by atoms with E-state index in [-0.39, 0.29) is 6.54 Å². The van der Waals surface area contributed by atoms with Gasteiger partial charge in [-0.2, -0.15) is 0 Å². The first-order valence-corrected chi connectivity index (χ1v) is 9.34. The molecule has 0 bridgehead atoms. The Morgan fingerprint density at radius 1 is 1.25 bits per heavy atom. The van der Waals surface area contributed by atoms with Crippen LogP contribution in [0.3, 0.4) is 0 Å². The second kappa shape index (κ2) is 9.85. The van der Waals surface area contributed by atoms with Gasteiger partial charge in [0.05, 0.1) is 18.4 Å². The fraction of sp³-hybridized carbons (Fsp3) is 0.769. The Morgan fingerprint density at radius 2 is 1.79 bits per heavy atom. The number of carboxylic acids is 1. The van der Waals surface area contributed by atoms with E-state index in [1.807, 2.05) is 0 Å². The van der Waals surface area contributed by atoms with E-state index in [0.29, 0.717) is 12.8 Å². The van der Waals surface area contributed by atoms with Crippen LogP contribution in [0.1, 0.15) is 26.7 Å². The number of likely N-dealkylation sites (N-methyl/N-ethyl adjacent to an activating group) is 1. The van der Waals surface area contributed by atoms with E-state index in [1.54, 1.807) is 6.92 Å². The van der Waals surface area contributed by atoms with Crippen LogP contribution < -0.4 is 22.1 Å². The summed E-state index contributed by atoms with van der Waals surface area (Å²) >= 11 is 0. The molecule has 0 aliphatic rings. The molecule has 0 saturated heterocycles. The Bertz CT molecular complexity index is 513. The number of hydrogen-bond donors (Lipinski definition) is 6. The first kappa shape index (κ1) is 22.7. The molecule has 0 aliphatic heterocycles. The Hall–Kier alpha value is -1.32. The number of carbonyl (C=O) groups is 3. The zero-order chi connectivity index (χ0) is 19.1. The molecule has 0 aromatic carbocycles. The monoisotopic (exact) mass is 366 g/mol. The molecule has 24 heavy (non-hydrogen) atoms. The van der Waals surface area contributed by atoms with Crippen LogP contribution in [0, 0.1) is 5.92 Å². The Morgan fingerprint density at radius 3 is 2.17 bits per heavy atom. The van der Waals surface area contributed by atoms with Crippen LogP contribution in [0.15, 0.2) is 0 Å². The van der Waals surface area contributed by atoms with Crippen LogP contribution >= 0.6 is 7.37 Å². The van der Waals surface area contributed by atoms with Crippen LogP contribution in [0.4, 0.5) is 0 Å². The SMILES string of the molecule is CCC[C@H](N)C(=O)NC(C(C(=O)O)C(=O)CNC)P(=O)(O)C(C)N. The third-order valence-electron chi connectivity index (χ3n) is 3.49. The van der Waals surface area contributed by atoms with Crippen LogP contribution in [-0.2, 0) is 18.9 Å². The molecular weight excluding hydrogens is 339 g/mol. The van der Waals surface area contributed by atoms with Crippen LogP contribution in [-0.4, -0.2) is 58.9 Å². The highest BCUT2D eigenvalue weighted by molar-refractivity contribution is 7.59. The third-order valence-corrected chi connectivity index (χ3v) is 5.88. The predicted molar refractivity (Wildman–Crippen MR) is 88.3 cm³/mol.